The Balaban J connectivity index is 2.04. The van der Waals surface area contributed by atoms with Gasteiger partial charge in [0.15, 0.2) is 0 Å². The van der Waals surface area contributed by atoms with E-state index in [1.807, 2.05) is 6.92 Å². The van der Waals surface area contributed by atoms with E-state index < -0.39 is 5.95 Å². The normalized spacial score (nSPS) is 12.1. The second-order valence-corrected chi connectivity index (χ2v) is 3.60. The lowest BCUT2D eigenvalue weighted by atomic mass is 10.2. The number of nitrogens with one attached hydrogen (secondary N) is 2. The van der Waals surface area contributed by atoms with Crippen LogP contribution in [0.1, 0.15) is 28.9 Å². The minimum Gasteiger partial charge on any atom is -0.345 e. The third-order valence-corrected chi connectivity index (χ3v) is 2.36. The molecule has 0 saturated heterocycles. The van der Waals surface area contributed by atoms with Gasteiger partial charge < -0.3 is 5.32 Å². The second-order valence-electron chi connectivity index (χ2n) is 3.60. The minimum absolute atomic E-state index is 0.175. The van der Waals surface area contributed by atoms with E-state index in [1.165, 1.54) is 12.3 Å². The zero-order chi connectivity index (χ0) is 12.3. The Morgan fingerprint density at radius 3 is 2.88 bits per heavy atom. The predicted molar refractivity (Wildman–Crippen MR) is 58.7 cm³/mol. The highest BCUT2D eigenvalue weighted by Gasteiger charge is 2.12. The maximum absolute atomic E-state index is 12.6. The van der Waals surface area contributed by atoms with Gasteiger partial charge in [-0.2, -0.15) is 9.49 Å². The average Bonchev–Trinajstić information content (AvgIpc) is 2.83. The fourth-order valence-electron chi connectivity index (χ4n) is 1.37. The molecule has 1 amide bonds. The number of nitrogens with zero attached hydrogens (tertiary/aromatic N) is 2. The Bertz CT molecular complexity index is 495. The van der Waals surface area contributed by atoms with E-state index >= 15 is 0 Å². The maximum Gasteiger partial charge on any atom is 0.253 e. The SMILES string of the molecule is CC(NC(=O)c1ccc(F)nc1)c1cn[nH]c1. The van der Waals surface area contributed by atoms with Crippen molar-refractivity contribution in [3.8, 4) is 0 Å². The van der Waals surface area contributed by atoms with Gasteiger partial charge in [-0.3, -0.25) is 9.89 Å². The summed E-state index contributed by atoms with van der Waals surface area (Å²) in [6.07, 6.45) is 4.54. The Morgan fingerprint density at radius 2 is 2.29 bits per heavy atom. The summed E-state index contributed by atoms with van der Waals surface area (Å²) >= 11 is 0. The Hall–Kier alpha value is -2.24. The molecule has 2 aromatic rings. The maximum atomic E-state index is 12.6. The van der Waals surface area contributed by atoms with Gasteiger partial charge in [0.05, 0.1) is 17.8 Å². The highest BCUT2D eigenvalue weighted by molar-refractivity contribution is 5.94. The molecule has 88 valence electrons. The number of halogens is 1. The van der Waals surface area contributed by atoms with Gasteiger partial charge in [-0.15, -0.1) is 0 Å². The number of rotatable bonds is 3. The van der Waals surface area contributed by atoms with Crippen LogP contribution in [-0.2, 0) is 0 Å². The van der Waals surface area contributed by atoms with Gasteiger partial charge in [0.1, 0.15) is 0 Å². The molecule has 0 radical (unpaired) electrons. The van der Waals surface area contributed by atoms with E-state index in [0.29, 0.717) is 5.56 Å². The van der Waals surface area contributed by atoms with Crippen molar-refractivity contribution in [2.75, 3.05) is 0 Å². The van der Waals surface area contributed by atoms with Crippen LogP contribution in [0.4, 0.5) is 4.39 Å². The van der Waals surface area contributed by atoms with Crippen LogP contribution in [0.3, 0.4) is 0 Å². The monoisotopic (exact) mass is 234 g/mol. The zero-order valence-corrected chi connectivity index (χ0v) is 9.14. The third-order valence-electron chi connectivity index (χ3n) is 2.36. The van der Waals surface area contributed by atoms with Crippen LogP contribution in [-0.4, -0.2) is 21.1 Å². The van der Waals surface area contributed by atoms with Crippen molar-refractivity contribution in [1.29, 1.82) is 0 Å². The van der Waals surface area contributed by atoms with Crippen molar-refractivity contribution in [1.82, 2.24) is 20.5 Å². The summed E-state index contributed by atoms with van der Waals surface area (Å²) in [6.45, 7) is 1.83. The van der Waals surface area contributed by atoms with Crippen LogP contribution in [0.2, 0.25) is 0 Å². The van der Waals surface area contributed by atoms with Gasteiger partial charge in [-0.1, -0.05) is 0 Å². The molecule has 0 spiro atoms. The molecule has 1 atom stereocenters. The van der Waals surface area contributed by atoms with Crippen molar-refractivity contribution in [2.24, 2.45) is 0 Å². The first-order valence-corrected chi connectivity index (χ1v) is 5.08. The highest BCUT2D eigenvalue weighted by Crippen LogP contribution is 2.10. The largest absolute Gasteiger partial charge is 0.345 e. The number of hydrogen-bond donors (Lipinski definition) is 2. The Morgan fingerprint density at radius 1 is 1.47 bits per heavy atom. The van der Waals surface area contributed by atoms with Gasteiger partial charge >= 0.3 is 0 Å². The number of H-pyrrole nitrogens is 1. The molecule has 2 N–H and O–H groups in total. The van der Waals surface area contributed by atoms with Crippen LogP contribution >= 0.6 is 0 Å². The zero-order valence-electron chi connectivity index (χ0n) is 9.14. The molecule has 0 fully saturated rings. The average molecular weight is 234 g/mol. The summed E-state index contributed by atoms with van der Waals surface area (Å²) in [4.78, 5) is 15.2. The summed E-state index contributed by atoms with van der Waals surface area (Å²) in [5.74, 6) is -0.907. The van der Waals surface area contributed by atoms with Crippen LogP contribution in [0, 0.1) is 5.95 Å². The molecule has 0 bridgehead atoms. The minimum atomic E-state index is -0.607. The highest BCUT2D eigenvalue weighted by atomic mass is 19.1. The van der Waals surface area contributed by atoms with Gasteiger partial charge in [-0.25, -0.2) is 4.98 Å². The molecule has 2 rings (SSSR count). The van der Waals surface area contributed by atoms with Crippen LogP contribution in [0.15, 0.2) is 30.7 Å². The molecular formula is C11H11FN4O. The van der Waals surface area contributed by atoms with Gasteiger partial charge in [0, 0.05) is 18.0 Å². The smallest absolute Gasteiger partial charge is 0.253 e. The fraction of sp³-hybridized carbons (Fsp3) is 0.182. The third kappa shape index (κ3) is 2.66. The van der Waals surface area contributed by atoms with Gasteiger partial charge in [0.2, 0.25) is 5.95 Å². The summed E-state index contributed by atoms with van der Waals surface area (Å²) in [5.41, 5.74) is 1.19. The van der Waals surface area contributed by atoms with Crippen molar-refractivity contribution in [3.63, 3.8) is 0 Å². The van der Waals surface area contributed by atoms with E-state index in [1.54, 1.807) is 12.4 Å². The molecular weight excluding hydrogens is 223 g/mol. The van der Waals surface area contributed by atoms with Crippen molar-refractivity contribution < 1.29 is 9.18 Å². The quantitative estimate of drug-likeness (QED) is 0.789. The number of aromatic nitrogens is 3. The number of carbonyl (C=O) groups is 1. The molecule has 0 aliphatic carbocycles. The van der Waals surface area contributed by atoms with E-state index in [2.05, 4.69) is 20.5 Å². The summed E-state index contributed by atoms with van der Waals surface area (Å²) in [5, 5.41) is 9.22. The lowest BCUT2D eigenvalue weighted by Crippen LogP contribution is -2.26. The predicted octanol–water partition coefficient (Wildman–Crippen LogP) is 1.43. The van der Waals surface area contributed by atoms with Gasteiger partial charge in [-0.05, 0) is 19.1 Å². The van der Waals surface area contributed by atoms with E-state index in [9.17, 15) is 9.18 Å². The Labute approximate surface area is 97.1 Å². The van der Waals surface area contributed by atoms with E-state index in [-0.39, 0.29) is 11.9 Å². The molecule has 6 heteroatoms. The Kier molecular flexibility index (Phi) is 3.13. The topological polar surface area (TPSA) is 70.7 Å². The van der Waals surface area contributed by atoms with Crippen molar-refractivity contribution in [3.05, 3.63) is 47.8 Å². The number of aromatic amines is 1. The molecule has 0 saturated carbocycles. The lowest BCUT2D eigenvalue weighted by molar-refractivity contribution is 0.0939. The standard InChI is InChI=1S/C11H11FN4O/c1-7(9-5-14-15-6-9)16-11(17)8-2-3-10(12)13-4-8/h2-7H,1H3,(H,14,15)(H,16,17). The molecule has 17 heavy (non-hydrogen) atoms. The van der Waals surface area contributed by atoms with Gasteiger partial charge in [0.25, 0.3) is 5.91 Å². The molecule has 0 aliphatic heterocycles. The van der Waals surface area contributed by atoms with Crippen LogP contribution < -0.4 is 5.32 Å². The van der Waals surface area contributed by atoms with E-state index in [0.717, 1.165) is 11.6 Å². The molecule has 0 aliphatic rings. The molecule has 2 heterocycles. The van der Waals surface area contributed by atoms with Crippen molar-refractivity contribution in [2.45, 2.75) is 13.0 Å². The first-order valence-electron chi connectivity index (χ1n) is 5.08. The fourth-order valence-corrected chi connectivity index (χ4v) is 1.37. The number of carbonyl (C=O) groups excluding carboxylic acids is 1. The summed E-state index contributed by atoms with van der Waals surface area (Å²) < 4.78 is 12.6. The van der Waals surface area contributed by atoms with Crippen molar-refractivity contribution >= 4 is 5.91 Å². The summed E-state index contributed by atoms with van der Waals surface area (Å²) in [7, 11) is 0. The molecule has 0 aromatic carbocycles. The number of amides is 1. The van der Waals surface area contributed by atoms with Crippen LogP contribution in [0.5, 0.6) is 0 Å². The second kappa shape index (κ2) is 4.73. The first-order chi connectivity index (χ1) is 8.16. The number of pyridine rings is 1. The number of hydrogen-bond acceptors (Lipinski definition) is 3. The van der Waals surface area contributed by atoms with E-state index in [4.69, 9.17) is 0 Å². The first kappa shape index (κ1) is 11.3. The molecule has 5 nitrogen and oxygen atoms in total. The molecule has 1 unspecified atom stereocenters. The van der Waals surface area contributed by atoms with Crippen LogP contribution in [0.25, 0.3) is 0 Å². The summed E-state index contributed by atoms with van der Waals surface area (Å²) in [6, 6.07) is 2.36. The lowest BCUT2D eigenvalue weighted by Gasteiger charge is -2.11. The molecule has 2 aromatic heterocycles.